The van der Waals surface area contributed by atoms with Crippen LogP contribution in [-0.2, 0) is 6.54 Å². The Balaban J connectivity index is 1.48. The van der Waals surface area contributed by atoms with Crippen LogP contribution in [0.2, 0.25) is 5.02 Å². The number of halogens is 1. The average Bonchev–Trinajstić information content (AvgIpc) is 2.58. The summed E-state index contributed by atoms with van der Waals surface area (Å²) in [5.74, 6) is 0. The molecule has 120 valence electrons. The molecule has 1 aliphatic heterocycles. The number of hydrazone groups is 1. The third kappa shape index (κ3) is 4.81. The molecule has 0 amide bonds. The largest absolute Gasteiger partial charge is 0.328 e. The van der Waals surface area contributed by atoms with Crippen molar-refractivity contribution in [1.29, 1.82) is 0 Å². The Morgan fingerprint density at radius 1 is 1.04 bits per heavy atom. The van der Waals surface area contributed by atoms with Gasteiger partial charge in [0.2, 0.25) is 0 Å². The lowest BCUT2D eigenvalue weighted by Crippen LogP contribution is -3.13. The number of quaternary nitrogens is 1. The molecule has 0 aromatic heterocycles. The summed E-state index contributed by atoms with van der Waals surface area (Å²) in [4.78, 5) is 1.61. The Morgan fingerprint density at radius 2 is 1.70 bits per heavy atom. The highest BCUT2D eigenvalue weighted by atomic mass is 35.5. The van der Waals surface area contributed by atoms with E-state index in [1.54, 1.807) is 4.90 Å². The lowest BCUT2D eigenvalue weighted by atomic mass is 10.2. The monoisotopic (exact) mass is 328 g/mol. The van der Waals surface area contributed by atoms with Gasteiger partial charge in [0.1, 0.15) is 6.54 Å². The van der Waals surface area contributed by atoms with Gasteiger partial charge in [-0.15, -0.1) is 0 Å². The van der Waals surface area contributed by atoms with E-state index < -0.39 is 0 Å². The van der Waals surface area contributed by atoms with E-state index in [0.717, 1.165) is 43.3 Å². The minimum absolute atomic E-state index is 0.805. The number of nitrogens with one attached hydrogen (secondary N) is 1. The number of aryl methyl sites for hydroxylation is 1. The highest BCUT2D eigenvalue weighted by molar-refractivity contribution is 6.30. The predicted octanol–water partition coefficient (Wildman–Crippen LogP) is 2.38. The van der Waals surface area contributed by atoms with E-state index in [-0.39, 0.29) is 0 Å². The van der Waals surface area contributed by atoms with Gasteiger partial charge in [-0.3, -0.25) is 5.01 Å². The van der Waals surface area contributed by atoms with E-state index in [1.807, 2.05) is 18.3 Å². The molecule has 23 heavy (non-hydrogen) atoms. The molecule has 0 bridgehead atoms. The number of hydrogen-bond donors (Lipinski definition) is 1. The van der Waals surface area contributed by atoms with Crippen LogP contribution in [0.4, 0.5) is 0 Å². The molecule has 2 aromatic rings. The molecule has 0 saturated carbocycles. The van der Waals surface area contributed by atoms with Crippen LogP contribution in [0.25, 0.3) is 0 Å². The molecule has 0 spiro atoms. The summed E-state index contributed by atoms with van der Waals surface area (Å²) in [5, 5.41) is 7.59. The maximum absolute atomic E-state index is 5.94. The van der Waals surface area contributed by atoms with Crippen LogP contribution < -0.4 is 4.90 Å². The number of piperazine rings is 1. The minimum atomic E-state index is 0.805. The molecule has 3 rings (SSSR count). The van der Waals surface area contributed by atoms with Crippen molar-refractivity contribution >= 4 is 17.8 Å². The smallest absolute Gasteiger partial charge is 0.103 e. The Hall–Kier alpha value is -1.84. The number of rotatable bonds is 4. The van der Waals surface area contributed by atoms with E-state index in [2.05, 4.69) is 53.4 Å². The number of benzene rings is 2. The second-order valence-corrected chi connectivity index (χ2v) is 6.60. The summed E-state index contributed by atoms with van der Waals surface area (Å²) in [6.07, 6.45) is 1.96. The number of nitrogens with zero attached hydrogens (tertiary/aromatic N) is 2. The summed E-state index contributed by atoms with van der Waals surface area (Å²) >= 11 is 5.94. The molecule has 0 aliphatic carbocycles. The molecule has 0 unspecified atom stereocenters. The van der Waals surface area contributed by atoms with E-state index in [4.69, 9.17) is 11.6 Å². The molecule has 0 radical (unpaired) electrons. The molecule has 0 atom stereocenters. The van der Waals surface area contributed by atoms with Crippen LogP contribution in [-0.4, -0.2) is 37.4 Å². The second-order valence-electron chi connectivity index (χ2n) is 6.16. The normalized spacial score (nSPS) is 16.2. The maximum atomic E-state index is 5.94. The van der Waals surface area contributed by atoms with Gasteiger partial charge in [0.15, 0.2) is 0 Å². The molecular formula is C19H23ClN3+. The fourth-order valence-corrected chi connectivity index (χ4v) is 2.92. The first-order valence-electron chi connectivity index (χ1n) is 8.13. The van der Waals surface area contributed by atoms with Gasteiger partial charge in [0.25, 0.3) is 0 Å². The zero-order valence-corrected chi connectivity index (χ0v) is 14.3. The van der Waals surface area contributed by atoms with Crippen molar-refractivity contribution in [3.8, 4) is 0 Å². The van der Waals surface area contributed by atoms with Gasteiger partial charge in [-0.2, -0.15) is 5.10 Å². The zero-order valence-electron chi connectivity index (χ0n) is 13.5. The van der Waals surface area contributed by atoms with Crippen molar-refractivity contribution in [2.75, 3.05) is 26.2 Å². The maximum Gasteiger partial charge on any atom is 0.103 e. The van der Waals surface area contributed by atoms with Crippen molar-refractivity contribution in [2.24, 2.45) is 5.10 Å². The molecule has 1 aliphatic rings. The minimum Gasteiger partial charge on any atom is -0.328 e. The third-order valence-electron chi connectivity index (χ3n) is 4.26. The standard InChI is InChI=1S/C19H22ClN3/c1-16-2-4-17(5-3-16)14-21-23-12-10-22(11-13-23)15-18-6-8-19(20)9-7-18/h2-9,14H,10-13,15H2,1H3/p+1/b21-14-. The fourth-order valence-electron chi connectivity index (χ4n) is 2.80. The molecule has 1 N–H and O–H groups in total. The first-order valence-corrected chi connectivity index (χ1v) is 8.50. The van der Waals surface area contributed by atoms with E-state index in [1.165, 1.54) is 11.1 Å². The van der Waals surface area contributed by atoms with Crippen molar-refractivity contribution in [1.82, 2.24) is 5.01 Å². The molecule has 1 fully saturated rings. The lowest BCUT2D eigenvalue weighted by molar-refractivity contribution is -0.918. The summed E-state index contributed by atoms with van der Waals surface area (Å²) < 4.78 is 0. The Labute approximate surface area is 143 Å². The quantitative estimate of drug-likeness (QED) is 0.854. The van der Waals surface area contributed by atoms with E-state index in [9.17, 15) is 0 Å². The zero-order chi connectivity index (χ0) is 16.1. The molecule has 2 aromatic carbocycles. The summed E-state index contributed by atoms with van der Waals surface area (Å²) in [5.41, 5.74) is 3.79. The Morgan fingerprint density at radius 3 is 2.35 bits per heavy atom. The van der Waals surface area contributed by atoms with Crippen molar-refractivity contribution < 1.29 is 4.90 Å². The third-order valence-corrected chi connectivity index (χ3v) is 4.51. The van der Waals surface area contributed by atoms with Crippen LogP contribution in [0.1, 0.15) is 16.7 Å². The highest BCUT2D eigenvalue weighted by Crippen LogP contribution is 2.08. The molecular weight excluding hydrogens is 306 g/mol. The van der Waals surface area contributed by atoms with Crippen molar-refractivity contribution in [3.63, 3.8) is 0 Å². The lowest BCUT2D eigenvalue weighted by Gasteiger charge is -2.30. The molecule has 3 nitrogen and oxygen atoms in total. The van der Waals surface area contributed by atoms with Gasteiger partial charge in [0, 0.05) is 10.6 Å². The number of hydrogen-bond acceptors (Lipinski definition) is 2. The Bertz CT molecular complexity index is 641. The van der Waals surface area contributed by atoms with Gasteiger partial charge in [-0.1, -0.05) is 53.6 Å². The van der Waals surface area contributed by atoms with Crippen LogP contribution in [0.3, 0.4) is 0 Å². The van der Waals surface area contributed by atoms with Crippen molar-refractivity contribution in [3.05, 3.63) is 70.2 Å². The van der Waals surface area contributed by atoms with Crippen LogP contribution in [0, 0.1) is 6.92 Å². The average molecular weight is 329 g/mol. The second kappa shape index (κ2) is 7.62. The topological polar surface area (TPSA) is 20.0 Å². The summed E-state index contributed by atoms with van der Waals surface area (Å²) in [7, 11) is 0. The summed E-state index contributed by atoms with van der Waals surface area (Å²) in [6.45, 7) is 7.41. The van der Waals surface area contributed by atoms with Crippen molar-refractivity contribution in [2.45, 2.75) is 13.5 Å². The van der Waals surface area contributed by atoms with Gasteiger partial charge in [-0.05, 0) is 24.6 Å². The van der Waals surface area contributed by atoms with Crippen LogP contribution in [0.15, 0.2) is 53.6 Å². The van der Waals surface area contributed by atoms with E-state index >= 15 is 0 Å². The van der Waals surface area contributed by atoms with Gasteiger partial charge >= 0.3 is 0 Å². The predicted molar refractivity (Wildman–Crippen MR) is 96.2 cm³/mol. The molecule has 1 saturated heterocycles. The SMILES string of the molecule is Cc1ccc(/C=N\N2CC[NH+](Cc3ccc(Cl)cc3)CC2)cc1. The Kier molecular flexibility index (Phi) is 5.31. The fraction of sp³-hybridized carbons (Fsp3) is 0.316. The first kappa shape index (κ1) is 16.0. The van der Waals surface area contributed by atoms with Crippen LogP contribution >= 0.6 is 11.6 Å². The first-order chi connectivity index (χ1) is 11.2. The van der Waals surface area contributed by atoms with E-state index in [0.29, 0.717) is 0 Å². The van der Waals surface area contributed by atoms with Gasteiger partial charge in [0.05, 0.1) is 32.4 Å². The summed E-state index contributed by atoms with van der Waals surface area (Å²) in [6, 6.07) is 16.7. The van der Waals surface area contributed by atoms with Gasteiger partial charge < -0.3 is 4.90 Å². The molecule has 1 heterocycles. The molecule has 4 heteroatoms. The highest BCUT2D eigenvalue weighted by Gasteiger charge is 2.18. The van der Waals surface area contributed by atoms with Gasteiger partial charge in [-0.25, -0.2) is 0 Å². The van der Waals surface area contributed by atoms with Crippen LogP contribution in [0.5, 0.6) is 0 Å².